The molecule has 2 aromatic heterocycles. The van der Waals surface area contributed by atoms with Crippen LogP contribution in [0.3, 0.4) is 0 Å². The number of nitrogens with two attached hydrogens (primary N) is 1. The number of ketones is 1. The van der Waals surface area contributed by atoms with E-state index in [2.05, 4.69) is 44.8 Å². The summed E-state index contributed by atoms with van der Waals surface area (Å²) in [5.41, 5.74) is 8.41. The van der Waals surface area contributed by atoms with Crippen LogP contribution in [0.2, 0.25) is 0 Å². The Morgan fingerprint density at radius 2 is 1.62 bits per heavy atom. The SMILES string of the molecule is CC.CC.CCC(=O)CCCCCCc1ncc(-c2ccc(C3CC3)nc2)[nH]1.CN1CCC2(CC1)CC2.NC=O. The van der Waals surface area contributed by atoms with Gasteiger partial charge in [-0.25, -0.2) is 4.98 Å². The highest BCUT2D eigenvalue weighted by atomic mass is 16.1. The van der Waals surface area contributed by atoms with Crippen LogP contribution in [-0.4, -0.2) is 52.2 Å². The number of hydrogen-bond acceptors (Lipinski definition) is 5. The molecular formula is C33H57N5O2. The molecule has 0 atom stereocenters. The largest absolute Gasteiger partial charge is 0.372 e. The Kier molecular flexibility index (Phi) is 18.1. The van der Waals surface area contributed by atoms with Gasteiger partial charge in [0.15, 0.2) is 0 Å². The van der Waals surface area contributed by atoms with E-state index in [9.17, 15) is 4.79 Å². The minimum atomic E-state index is 0.250. The third-order valence-corrected chi connectivity index (χ3v) is 7.74. The Balaban J connectivity index is 0.000000411. The van der Waals surface area contributed by atoms with Crippen molar-refractivity contribution >= 4 is 12.2 Å². The summed E-state index contributed by atoms with van der Waals surface area (Å²) >= 11 is 0. The topological polar surface area (TPSA) is 105 Å². The van der Waals surface area contributed by atoms with E-state index in [1.807, 2.05) is 47.0 Å². The van der Waals surface area contributed by atoms with Gasteiger partial charge in [0.2, 0.25) is 6.41 Å². The minimum absolute atomic E-state index is 0.250. The molecular weight excluding hydrogens is 498 g/mol. The van der Waals surface area contributed by atoms with Gasteiger partial charge in [0.05, 0.1) is 11.9 Å². The number of unbranched alkanes of at least 4 members (excludes halogenated alkanes) is 3. The van der Waals surface area contributed by atoms with E-state index in [-0.39, 0.29) is 6.41 Å². The number of nitrogens with zero attached hydrogens (tertiary/aromatic N) is 3. The van der Waals surface area contributed by atoms with Gasteiger partial charge in [-0.3, -0.25) is 14.6 Å². The van der Waals surface area contributed by atoms with Gasteiger partial charge in [-0.2, -0.15) is 0 Å². The maximum Gasteiger partial charge on any atom is 0.204 e. The van der Waals surface area contributed by atoms with Crippen LogP contribution in [0.5, 0.6) is 0 Å². The maximum absolute atomic E-state index is 11.2. The number of piperidine rings is 1. The van der Waals surface area contributed by atoms with Gasteiger partial charge >= 0.3 is 0 Å². The molecule has 1 aliphatic heterocycles. The molecule has 0 bridgehead atoms. The van der Waals surface area contributed by atoms with E-state index in [0.29, 0.717) is 18.1 Å². The Hall–Kier alpha value is -2.54. The van der Waals surface area contributed by atoms with E-state index in [4.69, 9.17) is 4.79 Å². The van der Waals surface area contributed by atoms with Gasteiger partial charge in [0, 0.05) is 42.6 Å². The summed E-state index contributed by atoms with van der Waals surface area (Å²) in [6.07, 6.45) is 19.5. The number of imidazole rings is 1. The van der Waals surface area contributed by atoms with E-state index < -0.39 is 0 Å². The van der Waals surface area contributed by atoms with Crippen molar-refractivity contribution in [2.24, 2.45) is 11.1 Å². The van der Waals surface area contributed by atoms with Crippen LogP contribution in [0, 0.1) is 5.41 Å². The van der Waals surface area contributed by atoms with Crippen LogP contribution in [0.4, 0.5) is 0 Å². The summed E-state index contributed by atoms with van der Waals surface area (Å²) in [6, 6.07) is 4.29. The molecule has 0 unspecified atom stereocenters. The second-order valence-electron chi connectivity index (χ2n) is 10.7. The number of aromatic nitrogens is 3. The zero-order valence-electron chi connectivity index (χ0n) is 26.3. The van der Waals surface area contributed by atoms with Gasteiger partial charge in [-0.05, 0) is 89.1 Å². The van der Waals surface area contributed by atoms with Gasteiger partial charge in [-0.1, -0.05) is 47.5 Å². The second-order valence-corrected chi connectivity index (χ2v) is 10.7. The molecule has 0 aromatic carbocycles. The Bertz CT molecular complexity index is 923. The number of primary amides is 1. The number of carbonyl (C=O) groups is 2. The highest BCUT2D eigenvalue weighted by Crippen LogP contribution is 2.53. The third kappa shape index (κ3) is 13.7. The summed E-state index contributed by atoms with van der Waals surface area (Å²) < 4.78 is 0. The molecule has 1 saturated heterocycles. The molecule has 3 aliphatic rings. The number of rotatable bonds is 10. The Morgan fingerprint density at radius 1 is 1.00 bits per heavy atom. The number of H-pyrrole nitrogens is 1. The van der Waals surface area contributed by atoms with Crippen molar-refractivity contribution in [3.8, 4) is 11.3 Å². The number of aromatic amines is 1. The lowest BCUT2D eigenvalue weighted by atomic mass is 9.94. The van der Waals surface area contributed by atoms with Crippen LogP contribution >= 0.6 is 0 Å². The molecule has 3 fully saturated rings. The molecule has 2 saturated carbocycles. The van der Waals surface area contributed by atoms with Crippen LogP contribution in [0.15, 0.2) is 24.5 Å². The molecule has 3 N–H and O–H groups in total. The average Bonchev–Trinajstić information content (AvgIpc) is 3.94. The Labute approximate surface area is 244 Å². The molecule has 40 heavy (non-hydrogen) atoms. The first kappa shape index (κ1) is 35.5. The molecule has 226 valence electrons. The summed E-state index contributed by atoms with van der Waals surface area (Å²) in [5.74, 6) is 2.12. The zero-order valence-corrected chi connectivity index (χ0v) is 26.3. The smallest absolute Gasteiger partial charge is 0.204 e. The van der Waals surface area contributed by atoms with E-state index >= 15 is 0 Å². The van der Waals surface area contributed by atoms with Crippen LogP contribution in [0.25, 0.3) is 11.3 Å². The van der Waals surface area contributed by atoms with Gasteiger partial charge in [0.1, 0.15) is 11.6 Å². The van der Waals surface area contributed by atoms with Crippen LogP contribution < -0.4 is 5.73 Å². The molecule has 3 heterocycles. The molecule has 2 aliphatic carbocycles. The fraction of sp³-hybridized carbons (Fsp3) is 0.697. The quantitative estimate of drug-likeness (QED) is 0.234. The van der Waals surface area contributed by atoms with Crippen molar-refractivity contribution in [3.05, 3.63) is 36.0 Å². The number of pyridine rings is 1. The standard InChI is InChI=1S/C20H27N3O.C8H15N.2C2H6.CH3NO/c1-2-17(24)7-5-3-4-6-8-20-22-14-19(23-20)16-11-12-18(21-13-16)15-9-10-15;1-9-6-4-8(2-3-8)5-7-9;2*1-2;2-1-3/h11-15H,2-10H2,1H3,(H,22,23);2-7H2,1H3;2*1-2H3;1H,(H2,2,3). The van der Waals surface area contributed by atoms with Gasteiger partial charge < -0.3 is 15.6 Å². The van der Waals surface area contributed by atoms with Crippen LogP contribution in [0.1, 0.15) is 129 Å². The number of amides is 1. The Morgan fingerprint density at radius 3 is 2.15 bits per heavy atom. The van der Waals surface area contributed by atoms with Gasteiger partial charge in [-0.15, -0.1) is 0 Å². The third-order valence-electron chi connectivity index (χ3n) is 7.74. The first-order chi connectivity index (χ1) is 19.5. The summed E-state index contributed by atoms with van der Waals surface area (Å²) in [5, 5.41) is 0. The number of carbonyl (C=O) groups excluding carboxylic acids is 2. The molecule has 0 radical (unpaired) electrons. The van der Waals surface area contributed by atoms with E-state index in [1.165, 1.54) is 57.3 Å². The zero-order chi connectivity index (χ0) is 29.8. The fourth-order valence-electron chi connectivity index (χ4n) is 4.74. The lowest BCUT2D eigenvalue weighted by molar-refractivity contribution is -0.118. The predicted molar refractivity (Wildman–Crippen MR) is 167 cm³/mol. The van der Waals surface area contributed by atoms with Crippen molar-refractivity contribution in [3.63, 3.8) is 0 Å². The first-order valence-electron chi connectivity index (χ1n) is 15.8. The highest BCUT2D eigenvalue weighted by molar-refractivity contribution is 5.77. The number of likely N-dealkylation sites (tertiary alicyclic amines) is 1. The molecule has 5 rings (SSSR count). The van der Waals surface area contributed by atoms with Crippen molar-refractivity contribution in [2.45, 2.75) is 124 Å². The normalized spacial score (nSPS) is 16.4. The lowest BCUT2D eigenvalue weighted by Gasteiger charge is -2.28. The lowest BCUT2D eigenvalue weighted by Crippen LogP contribution is -2.30. The molecule has 2 aromatic rings. The summed E-state index contributed by atoms with van der Waals surface area (Å²) in [7, 11) is 2.23. The number of Topliss-reactive ketones (excluding diaryl/α,β-unsaturated/α-hetero) is 1. The minimum Gasteiger partial charge on any atom is -0.372 e. The van der Waals surface area contributed by atoms with Crippen LogP contribution in [-0.2, 0) is 16.0 Å². The second kappa shape index (κ2) is 20.4. The first-order valence-corrected chi connectivity index (χ1v) is 15.8. The van der Waals surface area contributed by atoms with Gasteiger partial charge in [0.25, 0.3) is 0 Å². The maximum atomic E-state index is 11.2. The molecule has 1 amide bonds. The predicted octanol–water partition coefficient (Wildman–Crippen LogP) is 7.47. The van der Waals surface area contributed by atoms with E-state index in [0.717, 1.165) is 61.0 Å². The monoisotopic (exact) mass is 555 g/mol. The van der Waals surface area contributed by atoms with E-state index in [1.54, 1.807) is 0 Å². The summed E-state index contributed by atoms with van der Waals surface area (Å²) in [4.78, 5) is 34.7. The number of nitrogens with one attached hydrogen (secondary N) is 1. The average molecular weight is 556 g/mol. The molecule has 7 heteroatoms. The molecule has 1 spiro atoms. The van der Waals surface area contributed by atoms with Crippen molar-refractivity contribution < 1.29 is 9.59 Å². The molecule has 7 nitrogen and oxygen atoms in total. The fourth-order valence-corrected chi connectivity index (χ4v) is 4.74. The van der Waals surface area contributed by atoms with Crippen molar-refractivity contribution in [1.82, 2.24) is 19.9 Å². The van der Waals surface area contributed by atoms with Crippen molar-refractivity contribution in [1.29, 1.82) is 0 Å². The van der Waals surface area contributed by atoms with Crippen molar-refractivity contribution in [2.75, 3.05) is 20.1 Å². The summed E-state index contributed by atoms with van der Waals surface area (Å²) in [6.45, 7) is 12.6. The number of hydrogen-bond donors (Lipinski definition) is 2. The number of aryl methyl sites for hydroxylation is 1. The highest BCUT2D eigenvalue weighted by Gasteiger charge is 2.43.